The van der Waals surface area contributed by atoms with Crippen molar-refractivity contribution in [3.05, 3.63) is 23.9 Å². The van der Waals surface area contributed by atoms with Crippen LogP contribution in [-0.2, 0) is 9.59 Å². The second kappa shape index (κ2) is 5.82. The average Bonchev–Trinajstić information content (AvgIpc) is 2.38. The maximum absolute atomic E-state index is 12.1. The number of aryl methyl sites for hydroxylation is 1. The summed E-state index contributed by atoms with van der Waals surface area (Å²) in [5.41, 5.74) is 0.990. The molecule has 0 radical (unpaired) electrons. The van der Waals surface area contributed by atoms with Crippen LogP contribution in [0.3, 0.4) is 0 Å². The van der Waals surface area contributed by atoms with Gasteiger partial charge in [-0.15, -0.1) is 0 Å². The second-order valence-electron chi connectivity index (χ2n) is 5.02. The van der Waals surface area contributed by atoms with Crippen LogP contribution in [0.5, 0.6) is 0 Å². The van der Waals surface area contributed by atoms with E-state index in [0.717, 1.165) is 24.8 Å². The molecule has 1 aromatic rings. The third-order valence-electron chi connectivity index (χ3n) is 3.42. The summed E-state index contributed by atoms with van der Waals surface area (Å²) in [4.78, 5) is 29.7. The monoisotopic (exact) mass is 261 g/mol. The number of hydrogen-bond acceptors (Lipinski definition) is 3. The van der Waals surface area contributed by atoms with Gasteiger partial charge in [-0.1, -0.05) is 0 Å². The molecule has 1 unspecified atom stereocenters. The molecule has 0 aromatic carbocycles. The van der Waals surface area contributed by atoms with Crippen molar-refractivity contribution in [3.63, 3.8) is 0 Å². The summed E-state index contributed by atoms with van der Waals surface area (Å²) in [5.74, 6) is -0.648. The molecular weight excluding hydrogens is 242 g/mol. The van der Waals surface area contributed by atoms with Gasteiger partial charge >= 0.3 is 11.8 Å². The van der Waals surface area contributed by atoms with E-state index in [0.29, 0.717) is 12.4 Å². The molecule has 5 nitrogen and oxygen atoms in total. The Morgan fingerprint density at radius 3 is 2.89 bits per heavy atom. The van der Waals surface area contributed by atoms with Crippen LogP contribution in [0.2, 0.25) is 0 Å². The molecule has 2 heterocycles. The number of aromatic nitrogens is 1. The van der Waals surface area contributed by atoms with Gasteiger partial charge in [-0.3, -0.25) is 9.59 Å². The van der Waals surface area contributed by atoms with Crippen molar-refractivity contribution in [2.24, 2.45) is 0 Å². The normalized spacial score (nSPS) is 19.1. The Hall–Kier alpha value is -1.91. The van der Waals surface area contributed by atoms with Crippen molar-refractivity contribution in [3.8, 4) is 0 Å². The Bertz CT molecular complexity index is 487. The highest BCUT2D eigenvalue weighted by molar-refractivity contribution is 6.39. The molecule has 1 aromatic heterocycles. The third-order valence-corrected chi connectivity index (χ3v) is 3.42. The van der Waals surface area contributed by atoms with E-state index in [-0.39, 0.29) is 6.04 Å². The molecular formula is C14H19N3O2. The number of piperidine rings is 1. The standard InChI is InChI=1S/C14H19N3O2/c1-10-6-7-15-12(9-10)16-13(18)14(19)17-8-4-3-5-11(17)2/h6-7,9,11H,3-5,8H2,1-2H3,(H,15,16,18). The molecule has 1 aliphatic heterocycles. The minimum absolute atomic E-state index is 0.137. The highest BCUT2D eigenvalue weighted by atomic mass is 16.2. The van der Waals surface area contributed by atoms with Crippen molar-refractivity contribution in [1.82, 2.24) is 9.88 Å². The summed E-state index contributed by atoms with van der Waals surface area (Å²) < 4.78 is 0. The molecule has 0 bridgehead atoms. The fraction of sp³-hybridized carbons (Fsp3) is 0.500. The number of likely N-dealkylation sites (tertiary alicyclic amines) is 1. The summed E-state index contributed by atoms with van der Waals surface area (Å²) in [6.45, 7) is 4.55. The fourth-order valence-corrected chi connectivity index (χ4v) is 2.30. The van der Waals surface area contributed by atoms with E-state index in [1.54, 1.807) is 17.2 Å². The van der Waals surface area contributed by atoms with E-state index in [9.17, 15) is 9.59 Å². The van der Waals surface area contributed by atoms with E-state index < -0.39 is 11.8 Å². The molecule has 1 saturated heterocycles. The molecule has 0 aliphatic carbocycles. The number of amides is 2. The smallest absolute Gasteiger partial charge is 0.315 e. The van der Waals surface area contributed by atoms with Crippen LogP contribution in [0.25, 0.3) is 0 Å². The Morgan fingerprint density at radius 1 is 1.42 bits per heavy atom. The minimum atomic E-state index is -0.605. The SMILES string of the molecule is Cc1ccnc(NC(=O)C(=O)N2CCCCC2C)c1. The van der Waals surface area contributed by atoms with E-state index in [2.05, 4.69) is 10.3 Å². The lowest BCUT2D eigenvalue weighted by Gasteiger charge is -2.32. The second-order valence-corrected chi connectivity index (χ2v) is 5.02. The first-order valence-electron chi connectivity index (χ1n) is 6.62. The van der Waals surface area contributed by atoms with E-state index >= 15 is 0 Å². The molecule has 1 fully saturated rings. The van der Waals surface area contributed by atoms with Gasteiger partial charge in [-0.05, 0) is 50.8 Å². The minimum Gasteiger partial charge on any atom is -0.332 e. The van der Waals surface area contributed by atoms with Crippen molar-refractivity contribution in [1.29, 1.82) is 0 Å². The largest absolute Gasteiger partial charge is 0.332 e. The molecule has 2 rings (SSSR count). The first kappa shape index (κ1) is 13.5. The molecule has 19 heavy (non-hydrogen) atoms. The number of anilines is 1. The predicted octanol–water partition coefficient (Wildman–Crippen LogP) is 1.73. The lowest BCUT2D eigenvalue weighted by atomic mass is 10.0. The summed E-state index contributed by atoms with van der Waals surface area (Å²) in [7, 11) is 0. The average molecular weight is 261 g/mol. The number of nitrogens with zero attached hydrogens (tertiary/aromatic N) is 2. The Kier molecular flexibility index (Phi) is 4.14. The van der Waals surface area contributed by atoms with Gasteiger partial charge in [0.15, 0.2) is 0 Å². The van der Waals surface area contributed by atoms with Gasteiger partial charge in [-0.25, -0.2) is 4.98 Å². The molecule has 2 amide bonds. The van der Waals surface area contributed by atoms with Crippen molar-refractivity contribution in [2.75, 3.05) is 11.9 Å². The summed E-state index contributed by atoms with van der Waals surface area (Å²) in [6, 6.07) is 3.71. The zero-order valence-electron chi connectivity index (χ0n) is 11.3. The fourth-order valence-electron chi connectivity index (χ4n) is 2.30. The summed E-state index contributed by atoms with van der Waals surface area (Å²) in [6.07, 6.45) is 4.65. The number of hydrogen-bond donors (Lipinski definition) is 1. The quantitative estimate of drug-likeness (QED) is 0.783. The van der Waals surface area contributed by atoms with Crippen LogP contribution in [0.4, 0.5) is 5.82 Å². The highest BCUT2D eigenvalue weighted by Crippen LogP contribution is 2.16. The van der Waals surface area contributed by atoms with E-state index in [4.69, 9.17) is 0 Å². The molecule has 1 atom stereocenters. The van der Waals surface area contributed by atoms with E-state index in [1.165, 1.54) is 0 Å². The number of pyridine rings is 1. The topological polar surface area (TPSA) is 62.3 Å². The molecule has 0 spiro atoms. The summed E-state index contributed by atoms with van der Waals surface area (Å²) in [5, 5.41) is 2.56. The van der Waals surface area contributed by atoms with Gasteiger partial charge in [0.05, 0.1) is 0 Å². The number of nitrogens with one attached hydrogen (secondary N) is 1. The summed E-state index contributed by atoms with van der Waals surface area (Å²) >= 11 is 0. The zero-order chi connectivity index (χ0) is 13.8. The van der Waals surface area contributed by atoms with Crippen molar-refractivity contribution in [2.45, 2.75) is 39.2 Å². The predicted molar refractivity (Wildman–Crippen MR) is 72.6 cm³/mol. The zero-order valence-corrected chi connectivity index (χ0v) is 11.3. The molecule has 1 N–H and O–H groups in total. The van der Waals surface area contributed by atoms with Crippen LogP contribution in [0.15, 0.2) is 18.3 Å². The Balaban J connectivity index is 2.01. The number of carbonyl (C=O) groups is 2. The Labute approximate surface area is 113 Å². The van der Waals surface area contributed by atoms with Crippen molar-refractivity contribution < 1.29 is 9.59 Å². The van der Waals surface area contributed by atoms with Gasteiger partial charge in [0.1, 0.15) is 5.82 Å². The van der Waals surface area contributed by atoms with Gasteiger partial charge in [0.2, 0.25) is 0 Å². The lowest BCUT2D eigenvalue weighted by Crippen LogP contribution is -2.47. The Morgan fingerprint density at radius 2 is 2.21 bits per heavy atom. The van der Waals surface area contributed by atoms with Gasteiger partial charge in [-0.2, -0.15) is 0 Å². The van der Waals surface area contributed by atoms with Gasteiger partial charge < -0.3 is 10.2 Å². The van der Waals surface area contributed by atoms with E-state index in [1.807, 2.05) is 19.9 Å². The van der Waals surface area contributed by atoms with Crippen LogP contribution < -0.4 is 5.32 Å². The number of carbonyl (C=O) groups excluding carboxylic acids is 2. The lowest BCUT2D eigenvalue weighted by molar-refractivity contribution is -0.145. The third kappa shape index (κ3) is 3.30. The van der Waals surface area contributed by atoms with Crippen LogP contribution >= 0.6 is 0 Å². The first-order valence-corrected chi connectivity index (χ1v) is 6.62. The van der Waals surface area contributed by atoms with Crippen LogP contribution in [0.1, 0.15) is 31.7 Å². The van der Waals surface area contributed by atoms with Crippen LogP contribution in [0, 0.1) is 6.92 Å². The van der Waals surface area contributed by atoms with Gasteiger partial charge in [0.25, 0.3) is 0 Å². The molecule has 1 aliphatic rings. The first-order chi connectivity index (χ1) is 9.08. The number of rotatable bonds is 1. The van der Waals surface area contributed by atoms with Gasteiger partial charge in [0, 0.05) is 18.8 Å². The maximum Gasteiger partial charge on any atom is 0.315 e. The van der Waals surface area contributed by atoms with Crippen molar-refractivity contribution >= 4 is 17.6 Å². The maximum atomic E-state index is 12.1. The molecule has 0 saturated carbocycles. The van der Waals surface area contributed by atoms with Crippen LogP contribution in [-0.4, -0.2) is 34.3 Å². The highest BCUT2D eigenvalue weighted by Gasteiger charge is 2.28. The molecule has 5 heteroatoms. The molecule has 102 valence electrons.